The van der Waals surface area contributed by atoms with Crippen molar-refractivity contribution in [2.75, 3.05) is 25.1 Å². The molecule has 0 fully saturated rings. The summed E-state index contributed by atoms with van der Waals surface area (Å²) >= 11 is 0. The Hall–Kier alpha value is -1.32. The second-order valence-electron chi connectivity index (χ2n) is 2.88. The van der Waals surface area contributed by atoms with E-state index in [1.165, 1.54) is 0 Å². The minimum absolute atomic E-state index is 0.718. The maximum atomic E-state index is 5.38. The minimum atomic E-state index is 0.718. The highest BCUT2D eigenvalue weighted by atomic mass is 16.5. The molecule has 1 aromatic rings. The molecule has 0 N–H and O–H groups in total. The average Bonchev–Trinajstić information content (AvgIpc) is 2.07. The summed E-state index contributed by atoms with van der Waals surface area (Å²) in [5.74, 6) is 2.47. The van der Waals surface area contributed by atoms with Gasteiger partial charge in [0.05, 0.1) is 12.7 Å². The number of ether oxygens (including phenoxy) is 1. The number of nitrogens with zero attached hydrogens (tertiary/aromatic N) is 3. The molecule has 1 aromatic heterocycles. The van der Waals surface area contributed by atoms with Crippen molar-refractivity contribution in [2.24, 2.45) is 0 Å². The summed E-state index contributed by atoms with van der Waals surface area (Å²) < 4.78 is 5.38. The second-order valence-corrected chi connectivity index (χ2v) is 2.88. The van der Waals surface area contributed by atoms with Crippen LogP contribution in [0, 0.1) is 6.92 Å². The fraction of sp³-hybridized carbons (Fsp3) is 0.500. The highest BCUT2D eigenvalue weighted by Gasteiger charge is 2.16. The molecule has 0 saturated heterocycles. The zero-order chi connectivity index (χ0) is 8.55. The predicted molar refractivity (Wildman–Crippen MR) is 45.5 cm³/mol. The molecule has 4 nitrogen and oxygen atoms in total. The first kappa shape index (κ1) is 7.34. The van der Waals surface area contributed by atoms with Crippen molar-refractivity contribution in [2.45, 2.75) is 6.92 Å². The van der Waals surface area contributed by atoms with Crippen molar-refractivity contribution in [3.05, 3.63) is 12.0 Å². The van der Waals surface area contributed by atoms with Crippen molar-refractivity contribution >= 4 is 5.82 Å². The van der Waals surface area contributed by atoms with Crippen molar-refractivity contribution < 1.29 is 4.74 Å². The molecule has 0 amide bonds. The van der Waals surface area contributed by atoms with Gasteiger partial charge in [0.2, 0.25) is 0 Å². The Kier molecular flexibility index (Phi) is 1.60. The summed E-state index contributed by atoms with van der Waals surface area (Å²) in [5.41, 5.74) is 0. The van der Waals surface area contributed by atoms with Gasteiger partial charge in [-0.15, -0.1) is 0 Å². The van der Waals surface area contributed by atoms with Gasteiger partial charge in [0.25, 0.3) is 0 Å². The molecule has 1 aliphatic heterocycles. The fourth-order valence-electron chi connectivity index (χ4n) is 1.22. The summed E-state index contributed by atoms with van der Waals surface area (Å²) in [6.07, 6.45) is 1.73. The Labute approximate surface area is 71.2 Å². The van der Waals surface area contributed by atoms with E-state index in [1.54, 1.807) is 6.20 Å². The van der Waals surface area contributed by atoms with E-state index >= 15 is 0 Å². The van der Waals surface area contributed by atoms with Gasteiger partial charge < -0.3 is 9.64 Å². The first-order valence-corrected chi connectivity index (χ1v) is 3.95. The third kappa shape index (κ3) is 1.09. The number of rotatable bonds is 0. The number of aromatic nitrogens is 2. The Morgan fingerprint density at radius 1 is 1.58 bits per heavy atom. The van der Waals surface area contributed by atoms with Gasteiger partial charge >= 0.3 is 0 Å². The van der Waals surface area contributed by atoms with Gasteiger partial charge in [-0.1, -0.05) is 0 Å². The topological polar surface area (TPSA) is 38.2 Å². The van der Waals surface area contributed by atoms with E-state index in [-0.39, 0.29) is 0 Å². The SMILES string of the molecule is Cc1ncc2c(n1)N(C)CCO2. The molecular weight excluding hydrogens is 154 g/mol. The molecule has 64 valence electrons. The number of likely N-dealkylation sites (N-methyl/N-ethyl adjacent to an activating group) is 1. The number of hydrogen-bond acceptors (Lipinski definition) is 4. The van der Waals surface area contributed by atoms with Gasteiger partial charge in [-0.2, -0.15) is 0 Å². The first-order valence-electron chi connectivity index (χ1n) is 3.95. The van der Waals surface area contributed by atoms with E-state index in [0.29, 0.717) is 0 Å². The lowest BCUT2D eigenvalue weighted by atomic mass is 10.4. The van der Waals surface area contributed by atoms with Crippen molar-refractivity contribution in [1.29, 1.82) is 0 Å². The van der Waals surface area contributed by atoms with Crippen molar-refractivity contribution in [1.82, 2.24) is 9.97 Å². The van der Waals surface area contributed by atoms with Gasteiger partial charge in [0.15, 0.2) is 11.6 Å². The lowest BCUT2D eigenvalue weighted by Gasteiger charge is -2.25. The summed E-state index contributed by atoms with van der Waals surface area (Å²) in [6.45, 7) is 3.49. The normalized spacial score (nSPS) is 15.3. The van der Waals surface area contributed by atoms with Gasteiger partial charge in [-0.3, -0.25) is 0 Å². The van der Waals surface area contributed by atoms with Crippen LogP contribution in [0.1, 0.15) is 5.82 Å². The number of anilines is 1. The van der Waals surface area contributed by atoms with Crippen LogP contribution < -0.4 is 9.64 Å². The van der Waals surface area contributed by atoms with E-state index in [9.17, 15) is 0 Å². The molecule has 0 aromatic carbocycles. The van der Waals surface area contributed by atoms with Crippen LogP contribution in [-0.2, 0) is 0 Å². The maximum absolute atomic E-state index is 5.38. The molecule has 12 heavy (non-hydrogen) atoms. The lowest BCUT2D eigenvalue weighted by molar-refractivity contribution is 0.307. The number of aryl methyl sites for hydroxylation is 1. The number of hydrogen-bond donors (Lipinski definition) is 0. The van der Waals surface area contributed by atoms with Crippen LogP contribution in [0.5, 0.6) is 5.75 Å². The van der Waals surface area contributed by atoms with E-state index in [2.05, 4.69) is 14.9 Å². The van der Waals surface area contributed by atoms with Crippen LogP contribution in [-0.4, -0.2) is 30.2 Å². The minimum Gasteiger partial charge on any atom is -0.486 e. The van der Waals surface area contributed by atoms with E-state index in [0.717, 1.165) is 30.5 Å². The Bertz CT molecular complexity index is 300. The van der Waals surface area contributed by atoms with Crippen molar-refractivity contribution in [3.63, 3.8) is 0 Å². The molecule has 0 unspecified atom stereocenters. The smallest absolute Gasteiger partial charge is 0.180 e. The zero-order valence-corrected chi connectivity index (χ0v) is 7.24. The fourth-order valence-corrected chi connectivity index (χ4v) is 1.22. The predicted octanol–water partition coefficient (Wildman–Crippen LogP) is 0.614. The summed E-state index contributed by atoms with van der Waals surface area (Å²) in [6, 6.07) is 0. The average molecular weight is 165 g/mol. The van der Waals surface area contributed by atoms with Gasteiger partial charge in [0.1, 0.15) is 12.4 Å². The van der Waals surface area contributed by atoms with Crippen LogP contribution in [0.4, 0.5) is 5.82 Å². The monoisotopic (exact) mass is 165 g/mol. The van der Waals surface area contributed by atoms with Gasteiger partial charge in [-0.05, 0) is 6.92 Å². The molecule has 4 heteroatoms. The Morgan fingerprint density at radius 3 is 3.25 bits per heavy atom. The van der Waals surface area contributed by atoms with Crippen LogP contribution in [0.2, 0.25) is 0 Å². The standard InChI is InChI=1S/C8H11N3O/c1-6-9-5-7-8(10-6)11(2)3-4-12-7/h5H,3-4H2,1-2H3. The largest absolute Gasteiger partial charge is 0.486 e. The molecule has 0 saturated carbocycles. The Morgan fingerprint density at radius 2 is 2.42 bits per heavy atom. The van der Waals surface area contributed by atoms with Gasteiger partial charge in [0, 0.05) is 7.05 Å². The summed E-state index contributed by atoms with van der Waals surface area (Å²) in [5, 5.41) is 0. The lowest BCUT2D eigenvalue weighted by Crippen LogP contribution is -2.30. The Balaban J connectivity index is 2.47. The molecule has 0 atom stereocenters. The van der Waals surface area contributed by atoms with E-state index in [1.807, 2.05) is 14.0 Å². The zero-order valence-electron chi connectivity index (χ0n) is 7.24. The quantitative estimate of drug-likeness (QED) is 0.564. The highest BCUT2D eigenvalue weighted by Crippen LogP contribution is 2.26. The van der Waals surface area contributed by atoms with Crippen LogP contribution in [0.25, 0.3) is 0 Å². The highest BCUT2D eigenvalue weighted by molar-refractivity contribution is 5.52. The van der Waals surface area contributed by atoms with Crippen LogP contribution in [0.3, 0.4) is 0 Å². The van der Waals surface area contributed by atoms with E-state index < -0.39 is 0 Å². The van der Waals surface area contributed by atoms with Gasteiger partial charge in [-0.25, -0.2) is 9.97 Å². The molecule has 0 bridgehead atoms. The molecule has 0 spiro atoms. The third-order valence-electron chi connectivity index (χ3n) is 1.90. The molecule has 0 aliphatic carbocycles. The molecule has 2 heterocycles. The maximum Gasteiger partial charge on any atom is 0.180 e. The molecule has 0 radical (unpaired) electrons. The summed E-state index contributed by atoms with van der Waals surface area (Å²) in [7, 11) is 2.01. The van der Waals surface area contributed by atoms with Crippen LogP contribution in [0.15, 0.2) is 6.20 Å². The first-order chi connectivity index (χ1) is 5.77. The number of fused-ring (bicyclic) bond motifs is 1. The van der Waals surface area contributed by atoms with E-state index in [4.69, 9.17) is 4.74 Å². The van der Waals surface area contributed by atoms with Crippen molar-refractivity contribution in [3.8, 4) is 5.75 Å². The second kappa shape index (κ2) is 2.62. The molecule has 1 aliphatic rings. The molecular formula is C8H11N3O. The summed E-state index contributed by atoms with van der Waals surface area (Å²) in [4.78, 5) is 10.4. The van der Waals surface area contributed by atoms with Crippen LogP contribution >= 0.6 is 0 Å². The molecule has 2 rings (SSSR count). The third-order valence-corrected chi connectivity index (χ3v) is 1.90.